The highest BCUT2D eigenvalue weighted by atomic mass is 32.1. The Hall–Kier alpha value is -3.44. The Kier molecular flexibility index (Phi) is 3.56. The van der Waals surface area contributed by atoms with Crippen LogP contribution in [-0.4, -0.2) is 24.3 Å². The molecule has 0 aliphatic heterocycles. The van der Waals surface area contributed by atoms with E-state index in [0.29, 0.717) is 22.2 Å². The smallest absolute Gasteiger partial charge is 0.183 e. The molecule has 1 aromatic carbocycles. The van der Waals surface area contributed by atoms with Gasteiger partial charge in [0.1, 0.15) is 23.3 Å². The van der Waals surface area contributed by atoms with Crippen molar-refractivity contribution in [2.75, 3.05) is 5.73 Å². The summed E-state index contributed by atoms with van der Waals surface area (Å²) in [6, 6.07) is 11.6. The van der Waals surface area contributed by atoms with Crippen molar-refractivity contribution < 1.29 is 0 Å². The van der Waals surface area contributed by atoms with E-state index in [2.05, 4.69) is 24.3 Å². The summed E-state index contributed by atoms with van der Waals surface area (Å²) in [5, 5.41) is 10.8. The number of hydrogen-bond donors (Lipinski definition) is 1. The van der Waals surface area contributed by atoms with Crippen molar-refractivity contribution in [1.82, 2.24) is 24.3 Å². The molecule has 0 fully saturated rings. The molecule has 0 aliphatic carbocycles. The zero-order valence-corrected chi connectivity index (χ0v) is 13.9. The van der Waals surface area contributed by atoms with Crippen LogP contribution < -0.4 is 5.73 Å². The van der Waals surface area contributed by atoms with Gasteiger partial charge in [-0.15, -0.1) is 0 Å². The highest BCUT2D eigenvalue weighted by Gasteiger charge is 2.18. The highest BCUT2D eigenvalue weighted by Crippen LogP contribution is 2.32. The van der Waals surface area contributed by atoms with Crippen LogP contribution in [0.1, 0.15) is 11.5 Å². The molecule has 3 aromatic heterocycles. The quantitative estimate of drug-likeness (QED) is 0.594. The first-order chi connectivity index (χ1) is 12.2. The molecule has 0 atom stereocenters. The molecule has 3 heterocycles. The number of nitrogens with two attached hydrogens (primary N) is 1. The van der Waals surface area contributed by atoms with Gasteiger partial charge in [0, 0.05) is 17.1 Å². The molecule has 0 bridgehead atoms. The zero-order chi connectivity index (χ0) is 17.4. The van der Waals surface area contributed by atoms with Gasteiger partial charge < -0.3 is 5.73 Å². The summed E-state index contributed by atoms with van der Waals surface area (Å²) in [5.41, 5.74) is 8.71. The third-order valence-electron chi connectivity index (χ3n) is 3.64. The lowest BCUT2D eigenvalue weighted by atomic mass is 10.1. The molecule has 7 nitrogen and oxygen atoms in total. The summed E-state index contributed by atoms with van der Waals surface area (Å²) in [6.45, 7) is 1.81. The van der Waals surface area contributed by atoms with Crippen molar-refractivity contribution in [3.8, 4) is 28.0 Å². The average Bonchev–Trinajstić information content (AvgIpc) is 3.07. The van der Waals surface area contributed by atoms with E-state index < -0.39 is 0 Å². The van der Waals surface area contributed by atoms with Gasteiger partial charge in [-0.05, 0) is 36.7 Å². The number of nitriles is 1. The van der Waals surface area contributed by atoms with Gasteiger partial charge >= 0.3 is 0 Å². The minimum Gasteiger partial charge on any atom is -0.381 e. The van der Waals surface area contributed by atoms with Crippen LogP contribution >= 0.6 is 11.5 Å². The second-order valence-corrected chi connectivity index (χ2v) is 6.08. The Bertz CT molecular complexity index is 1140. The summed E-state index contributed by atoms with van der Waals surface area (Å²) < 4.78 is 4.20. The molecule has 0 unspecified atom stereocenters. The molecule has 120 valence electrons. The van der Waals surface area contributed by atoms with Crippen LogP contribution in [0.5, 0.6) is 0 Å². The van der Waals surface area contributed by atoms with E-state index >= 15 is 0 Å². The van der Waals surface area contributed by atoms with Gasteiger partial charge in [0.25, 0.3) is 0 Å². The Morgan fingerprint density at radius 2 is 2.00 bits per heavy atom. The molecule has 4 aromatic rings. The van der Waals surface area contributed by atoms with E-state index in [1.165, 1.54) is 11.5 Å². The number of fused-ring (bicyclic) bond motifs is 1. The molecule has 8 heteroatoms. The molecule has 2 N–H and O–H groups in total. The number of aryl methyl sites for hydroxylation is 1. The van der Waals surface area contributed by atoms with Crippen molar-refractivity contribution >= 4 is 28.3 Å². The first kappa shape index (κ1) is 15.1. The van der Waals surface area contributed by atoms with Gasteiger partial charge in [0.05, 0.1) is 5.52 Å². The average molecular weight is 345 g/mol. The third kappa shape index (κ3) is 2.66. The largest absolute Gasteiger partial charge is 0.381 e. The molecule has 0 saturated heterocycles. The Labute approximate surface area is 147 Å². The second kappa shape index (κ2) is 5.89. The van der Waals surface area contributed by atoms with E-state index in [9.17, 15) is 5.26 Å². The Balaban J connectivity index is 1.99. The maximum atomic E-state index is 9.26. The minimum atomic E-state index is 0.0801. The van der Waals surface area contributed by atoms with Crippen molar-refractivity contribution in [1.29, 1.82) is 5.26 Å². The highest BCUT2D eigenvalue weighted by molar-refractivity contribution is 7.09. The van der Waals surface area contributed by atoms with Gasteiger partial charge in [-0.2, -0.15) is 9.64 Å². The number of aromatic nitrogens is 5. The summed E-state index contributed by atoms with van der Waals surface area (Å²) in [6.07, 6.45) is 1.74. The number of hydrogen-bond acceptors (Lipinski definition) is 8. The zero-order valence-electron chi connectivity index (χ0n) is 13.1. The summed E-state index contributed by atoms with van der Waals surface area (Å²) >= 11 is 1.22. The van der Waals surface area contributed by atoms with Crippen LogP contribution in [0, 0.1) is 18.3 Å². The fourth-order valence-electron chi connectivity index (χ4n) is 2.50. The lowest BCUT2D eigenvalue weighted by molar-refractivity contribution is 1.14. The second-order valence-electron chi connectivity index (χ2n) is 5.32. The van der Waals surface area contributed by atoms with Gasteiger partial charge in [-0.1, -0.05) is 12.1 Å². The number of rotatable bonds is 2. The molecule has 0 radical (unpaired) electrons. The molecular formula is C17H11N7S. The van der Waals surface area contributed by atoms with E-state index in [1.54, 1.807) is 6.20 Å². The monoisotopic (exact) mass is 345 g/mol. The van der Waals surface area contributed by atoms with Crippen LogP contribution in [0.3, 0.4) is 0 Å². The summed E-state index contributed by atoms with van der Waals surface area (Å²) in [7, 11) is 0. The summed E-state index contributed by atoms with van der Waals surface area (Å²) in [5.74, 6) is 0.731. The minimum absolute atomic E-state index is 0.0801. The van der Waals surface area contributed by atoms with Gasteiger partial charge in [-0.25, -0.2) is 15.0 Å². The molecule has 0 aliphatic rings. The lowest BCUT2D eigenvalue weighted by Crippen LogP contribution is -2.03. The van der Waals surface area contributed by atoms with E-state index in [-0.39, 0.29) is 11.5 Å². The summed E-state index contributed by atoms with van der Waals surface area (Å²) in [4.78, 5) is 17.5. The fraction of sp³-hybridized carbons (Fsp3) is 0.0588. The molecular weight excluding hydrogens is 334 g/mol. The Morgan fingerprint density at radius 1 is 1.12 bits per heavy atom. The number of nitrogens with zero attached hydrogens (tertiary/aromatic N) is 6. The maximum Gasteiger partial charge on any atom is 0.183 e. The van der Waals surface area contributed by atoms with Crippen molar-refractivity contribution in [3.63, 3.8) is 0 Å². The van der Waals surface area contributed by atoms with Crippen LogP contribution in [0.15, 0.2) is 36.5 Å². The first-order valence-electron chi connectivity index (χ1n) is 7.39. The fourth-order valence-corrected chi connectivity index (χ4v) is 3.16. The predicted octanol–water partition coefficient (Wildman–Crippen LogP) is 2.97. The van der Waals surface area contributed by atoms with E-state index in [0.717, 1.165) is 16.5 Å². The topological polar surface area (TPSA) is 114 Å². The third-order valence-corrected chi connectivity index (χ3v) is 4.45. The van der Waals surface area contributed by atoms with Gasteiger partial charge in [-0.3, -0.25) is 4.98 Å². The molecule has 0 spiro atoms. The number of nitrogen functional groups attached to an aromatic ring is 1. The van der Waals surface area contributed by atoms with Crippen molar-refractivity contribution in [3.05, 3.63) is 48.0 Å². The standard InChI is InChI=1S/C17H11N7S/c1-9-21-17(25-24-9)15-14(22-13(8-18)16(19)23-15)11-4-5-12-10(7-11)3-2-6-20-12/h2-7H,1H3,(H2,19,23). The Morgan fingerprint density at radius 3 is 2.76 bits per heavy atom. The number of pyridine rings is 1. The molecule has 0 saturated carbocycles. The van der Waals surface area contributed by atoms with E-state index in [4.69, 9.17) is 5.73 Å². The van der Waals surface area contributed by atoms with Crippen LogP contribution in [-0.2, 0) is 0 Å². The van der Waals surface area contributed by atoms with Gasteiger partial charge in [0.2, 0.25) is 0 Å². The van der Waals surface area contributed by atoms with Crippen molar-refractivity contribution in [2.24, 2.45) is 0 Å². The normalized spacial score (nSPS) is 10.7. The van der Waals surface area contributed by atoms with E-state index in [1.807, 2.05) is 43.3 Å². The molecule has 25 heavy (non-hydrogen) atoms. The van der Waals surface area contributed by atoms with Crippen LogP contribution in [0.4, 0.5) is 5.82 Å². The molecule has 4 rings (SSSR count). The van der Waals surface area contributed by atoms with Crippen LogP contribution in [0.2, 0.25) is 0 Å². The molecule has 0 amide bonds. The maximum absolute atomic E-state index is 9.26. The predicted molar refractivity (Wildman–Crippen MR) is 95.5 cm³/mol. The number of benzene rings is 1. The van der Waals surface area contributed by atoms with Crippen LogP contribution in [0.25, 0.3) is 32.9 Å². The SMILES string of the molecule is Cc1nsc(-c2nc(N)c(C#N)nc2-c2ccc3ncccc3c2)n1. The van der Waals surface area contributed by atoms with Gasteiger partial charge in [0.15, 0.2) is 16.5 Å². The first-order valence-corrected chi connectivity index (χ1v) is 8.16. The lowest BCUT2D eigenvalue weighted by Gasteiger charge is -2.09. The number of anilines is 1. The van der Waals surface area contributed by atoms with Crippen molar-refractivity contribution in [2.45, 2.75) is 6.92 Å².